The summed E-state index contributed by atoms with van der Waals surface area (Å²) in [5, 5.41) is 11.0. The minimum absolute atomic E-state index is 0.0518. The molecule has 2 aliphatic rings. The van der Waals surface area contributed by atoms with Crippen molar-refractivity contribution in [1.82, 2.24) is 9.80 Å². The van der Waals surface area contributed by atoms with Crippen molar-refractivity contribution >= 4 is 23.1 Å². The maximum absolute atomic E-state index is 13.5. The van der Waals surface area contributed by atoms with E-state index < -0.39 is 4.92 Å². The third-order valence-corrected chi connectivity index (χ3v) is 5.88. The van der Waals surface area contributed by atoms with Crippen LogP contribution in [0.3, 0.4) is 0 Å². The molecule has 2 aromatic carbocycles. The second kappa shape index (κ2) is 8.34. The molecule has 2 heterocycles. The predicted molar refractivity (Wildman–Crippen MR) is 117 cm³/mol. The van der Waals surface area contributed by atoms with Crippen molar-refractivity contribution in [2.45, 2.75) is 26.8 Å². The molecule has 1 fully saturated rings. The molecule has 0 spiro atoms. The molecule has 2 unspecified atom stereocenters. The Morgan fingerprint density at radius 1 is 0.935 bits per heavy atom. The van der Waals surface area contributed by atoms with Crippen LogP contribution in [0, 0.1) is 22.0 Å². The fraction of sp³-hybridized carbons (Fsp3) is 0.333. The molecule has 2 aliphatic heterocycles. The number of amides is 2. The molecule has 31 heavy (non-hydrogen) atoms. The van der Waals surface area contributed by atoms with E-state index in [9.17, 15) is 19.7 Å². The van der Waals surface area contributed by atoms with Gasteiger partial charge in [-0.1, -0.05) is 44.2 Å². The number of hydrogen-bond donors (Lipinski definition) is 0. The molecule has 2 aromatic rings. The van der Waals surface area contributed by atoms with Crippen molar-refractivity contribution in [1.29, 1.82) is 0 Å². The Balaban J connectivity index is 1.76. The summed E-state index contributed by atoms with van der Waals surface area (Å²) in [6, 6.07) is 15.3. The Bertz CT molecular complexity index is 1040. The quantitative estimate of drug-likeness (QED) is 0.418. The van der Waals surface area contributed by atoms with Crippen LogP contribution < -0.4 is 0 Å². The predicted octanol–water partition coefficient (Wildman–Crippen LogP) is 3.85. The summed E-state index contributed by atoms with van der Waals surface area (Å²) < 4.78 is 0. The summed E-state index contributed by atoms with van der Waals surface area (Å²) >= 11 is 0. The first-order valence-corrected chi connectivity index (χ1v) is 10.5. The van der Waals surface area contributed by atoms with Gasteiger partial charge in [0, 0.05) is 25.2 Å². The van der Waals surface area contributed by atoms with Gasteiger partial charge in [0.1, 0.15) is 5.70 Å². The number of likely N-dealkylation sites (tertiary alicyclic amines) is 1. The van der Waals surface area contributed by atoms with Crippen molar-refractivity contribution in [2.24, 2.45) is 11.8 Å². The summed E-state index contributed by atoms with van der Waals surface area (Å²) in [5.74, 6) is 0.146. The molecular formula is C24H25N3O4. The number of piperidine rings is 1. The summed E-state index contributed by atoms with van der Waals surface area (Å²) in [4.78, 5) is 40.8. The first kappa shape index (κ1) is 20.8. The van der Waals surface area contributed by atoms with Crippen molar-refractivity contribution in [3.8, 4) is 0 Å². The van der Waals surface area contributed by atoms with Gasteiger partial charge >= 0.3 is 0 Å². The molecule has 0 aromatic heterocycles. The lowest BCUT2D eigenvalue weighted by Crippen LogP contribution is -2.41. The first-order chi connectivity index (χ1) is 14.8. The van der Waals surface area contributed by atoms with Crippen molar-refractivity contribution < 1.29 is 14.5 Å². The number of imide groups is 1. The highest BCUT2D eigenvalue weighted by atomic mass is 16.6. The lowest BCUT2D eigenvalue weighted by atomic mass is 9.91. The number of hydrogen-bond acceptors (Lipinski definition) is 5. The average Bonchev–Trinajstić information content (AvgIpc) is 2.98. The zero-order chi connectivity index (χ0) is 22.1. The third-order valence-electron chi connectivity index (χ3n) is 5.88. The van der Waals surface area contributed by atoms with Crippen molar-refractivity contribution in [3.05, 3.63) is 81.5 Å². The number of carbonyl (C=O) groups is 2. The van der Waals surface area contributed by atoms with Crippen LogP contribution >= 0.6 is 0 Å². The van der Waals surface area contributed by atoms with E-state index in [1.165, 1.54) is 17.0 Å². The SMILES string of the molecule is CC1CC(C)CN(C2=C(c3ccc([N+](=O)[O-])cc3)C(=O)N(Cc3ccccc3)C2=O)C1. The number of carbonyl (C=O) groups excluding carboxylic acids is 2. The molecule has 4 rings (SSSR count). The minimum Gasteiger partial charge on any atom is -0.366 e. The van der Waals surface area contributed by atoms with Crippen LogP contribution in [0.15, 0.2) is 60.3 Å². The Hall–Kier alpha value is -3.48. The van der Waals surface area contributed by atoms with Crippen LogP contribution in [0.5, 0.6) is 0 Å². The van der Waals surface area contributed by atoms with Gasteiger partial charge in [-0.3, -0.25) is 24.6 Å². The van der Waals surface area contributed by atoms with Crippen LogP contribution in [0.2, 0.25) is 0 Å². The minimum atomic E-state index is -0.476. The number of nitrogens with zero attached hydrogens (tertiary/aromatic N) is 3. The van der Waals surface area contributed by atoms with Crippen molar-refractivity contribution in [2.75, 3.05) is 13.1 Å². The van der Waals surface area contributed by atoms with E-state index in [0.717, 1.165) is 12.0 Å². The second-order valence-electron chi connectivity index (χ2n) is 8.56. The molecule has 160 valence electrons. The highest BCUT2D eigenvalue weighted by molar-refractivity contribution is 6.35. The number of nitro groups is 1. The lowest BCUT2D eigenvalue weighted by Gasteiger charge is -2.37. The fourth-order valence-corrected chi connectivity index (χ4v) is 4.62. The van der Waals surface area contributed by atoms with Crippen molar-refractivity contribution in [3.63, 3.8) is 0 Å². The number of non-ortho nitro benzene ring substituents is 1. The van der Waals surface area contributed by atoms with Gasteiger partial charge < -0.3 is 4.90 Å². The van der Waals surface area contributed by atoms with E-state index in [2.05, 4.69) is 13.8 Å². The van der Waals surface area contributed by atoms with Gasteiger partial charge in [0.05, 0.1) is 17.0 Å². The molecule has 7 nitrogen and oxygen atoms in total. The van der Waals surface area contributed by atoms with Gasteiger partial charge in [0.25, 0.3) is 17.5 Å². The molecular weight excluding hydrogens is 394 g/mol. The summed E-state index contributed by atoms with van der Waals surface area (Å²) in [7, 11) is 0. The van der Waals surface area contributed by atoms with E-state index in [1.807, 2.05) is 35.2 Å². The molecule has 2 atom stereocenters. The molecule has 0 aliphatic carbocycles. The molecule has 0 saturated carbocycles. The van der Waals surface area contributed by atoms with E-state index in [-0.39, 0.29) is 24.0 Å². The molecule has 7 heteroatoms. The van der Waals surface area contributed by atoms with E-state index >= 15 is 0 Å². The maximum Gasteiger partial charge on any atom is 0.278 e. The molecule has 2 amide bonds. The summed E-state index contributed by atoms with van der Waals surface area (Å²) in [6.07, 6.45) is 1.08. The number of benzene rings is 2. The molecule has 0 radical (unpaired) electrons. The van der Waals surface area contributed by atoms with E-state index in [1.54, 1.807) is 12.1 Å². The Morgan fingerprint density at radius 3 is 2.13 bits per heavy atom. The molecule has 0 bridgehead atoms. The maximum atomic E-state index is 13.5. The van der Waals surface area contributed by atoms with Gasteiger partial charge in [0.15, 0.2) is 0 Å². The normalized spacial score (nSPS) is 21.7. The molecule has 1 saturated heterocycles. The summed E-state index contributed by atoms with van der Waals surface area (Å²) in [5.41, 5.74) is 2.09. The first-order valence-electron chi connectivity index (χ1n) is 10.5. The fourth-order valence-electron chi connectivity index (χ4n) is 4.62. The molecule has 0 N–H and O–H groups in total. The third kappa shape index (κ3) is 4.08. The van der Waals surface area contributed by atoms with Crippen LogP contribution in [0.1, 0.15) is 31.4 Å². The zero-order valence-corrected chi connectivity index (χ0v) is 17.7. The van der Waals surface area contributed by atoms with Crippen LogP contribution in [0.4, 0.5) is 5.69 Å². The Labute approximate surface area is 181 Å². The largest absolute Gasteiger partial charge is 0.366 e. The monoisotopic (exact) mass is 419 g/mol. The van der Waals surface area contributed by atoms with Crippen LogP contribution in [-0.4, -0.2) is 39.6 Å². The Morgan fingerprint density at radius 2 is 1.55 bits per heavy atom. The smallest absolute Gasteiger partial charge is 0.278 e. The summed E-state index contributed by atoms with van der Waals surface area (Å²) in [6.45, 7) is 5.90. The number of rotatable bonds is 5. The van der Waals surface area contributed by atoms with Gasteiger partial charge in [-0.15, -0.1) is 0 Å². The second-order valence-corrected chi connectivity index (χ2v) is 8.56. The van der Waals surface area contributed by atoms with E-state index in [0.29, 0.717) is 41.8 Å². The topological polar surface area (TPSA) is 83.8 Å². The average molecular weight is 419 g/mol. The highest BCUT2D eigenvalue weighted by Gasteiger charge is 2.42. The van der Waals surface area contributed by atoms with Gasteiger partial charge in [-0.05, 0) is 41.5 Å². The number of nitro benzene ring substituents is 1. The van der Waals surface area contributed by atoms with Gasteiger partial charge in [-0.2, -0.15) is 0 Å². The van der Waals surface area contributed by atoms with Crippen LogP contribution in [-0.2, 0) is 16.1 Å². The van der Waals surface area contributed by atoms with E-state index in [4.69, 9.17) is 0 Å². The standard InChI is InChI=1S/C24H25N3O4/c1-16-12-17(2)14-25(13-16)22-21(19-8-10-20(11-9-19)27(30)31)23(28)26(24(22)29)15-18-6-4-3-5-7-18/h3-11,16-17H,12-15H2,1-2H3. The zero-order valence-electron chi connectivity index (χ0n) is 17.7. The Kier molecular flexibility index (Phi) is 5.59. The van der Waals surface area contributed by atoms with Crippen LogP contribution in [0.25, 0.3) is 5.57 Å². The lowest BCUT2D eigenvalue weighted by molar-refractivity contribution is -0.384. The van der Waals surface area contributed by atoms with Gasteiger partial charge in [-0.25, -0.2) is 0 Å². The van der Waals surface area contributed by atoms with Gasteiger partial charge in [0.2, 0.25) is 0 Å². The highest BCUT2D eigenvalue weighted by Crippen LogP contribution is 2.36.